The lowest BCUT2D eigenvalue weighted by Gasteiger charge is -2.23. The Labute approximate surface area is 133 Å². The number of allylic oxidation sites excluding steroid dienone is 4. The van der Waals surface area contributed by atoms with E-state index in [1.165, 1.54) is 19.8 Å². The van der Waals surface area contributed by atoms with Crippen LogP contribution in [0.1, 0.15) is 58.8 Å². The van der Waals surface area contributed by atoms with Crippen LogP contribution >= 0.6 is 0 Å². The van der Waals surface area contributed by atoms with E-state index < -0.39 is 17.4 Å². The molecule has 0 heterocycles. The average Bonchev–Trinajstić information content (AvgIpc) is 2.90. The van der Waals surface area contributed by atoms with E-state index in [-0.39, 0.29) is 0 Å². The van der Waals surface area contributed by atoms with Crippen molar-refractivity contribution >= 4 is 11.9 Å². The Morgan fingerprint density at radius 1 is 1.09 bits per heavy atom. The number of ether oxygens (including phenoxy) is 2. The second kappa shape index (κ2) is 8.76. The molecule has 0 aromatic rings. The van der Waals surface area contributed by atoms with E-state index in [1.54, 1.807) is 0 Å². The first-order valence-corrected chi connectivity index (χ1v) is 8.10. The Balaban J connectivity index is 3.02. The predicted octanol–water partition coefficient (Wildman–Crippen LogP) is 3.96. The quantitative estimate of drug-likeness (QED) is 0.387. The molecule has 0 spiro atoms. The van der Waals surface area contributed by atoms with Crippen molar-refractivity contribution in [2.45, 2.75) is 58.8 Å². The third kappa shape index (κ3) is 3.99. The van der Waals surface area contributed by atoms with E-state index in [4.69, 9.17) is 9.47 Å². The molecule has 0 aromatic carbocycles. The standard InChI is InChI=1S/C18H28O4/c1-5-7-8-9-11-15-13-18(16(19)21-3,17(20)22-4)12-14(15)10-6-2/h9,11H,5-8,10,12-13H2,1-4H3/b11-9+. The van der Waals surface area contributed by atoms with E-state index in [1.807, 2.05) is 0 Å². The summed E-state index contributed by atoms with van der Waals surface area (Å²) in [7, 11) is 2.64. The van der Waals surface area contributed by atoms with Crippen LogP contribution in [0, 0.1) is 5.41 Å². The van der Waals surface area contributed by atoms with Gasteiger partial charge in [0, 0.05) is 0 Å². The van der Waals surface area contributed by atoms with Gasteiger partial charge in [0.05, 0.1) is 14.2 Å². The van der Waals surface area contributed by atoms with Gasteiger partial charge < -0.3 is 9.47 Å². The molecular formula is C18H28O4. The Kier molecular flexibility index (Phi) is 7.36. The molecule has 4 heteroatoms. The third-order valence-electron chi connectivity index (χ3n) is 4.21. The van der Waals surface area contributed by atoms with E-state index in [9.17, 15) is 9.59 Å². The molecular weight excluding hydrogens is 280 g/mol. The van der Waals surface area contributed by atoms with Gasteiger partial charge in [0.15, 0.2) is 5.41 Å². The number of carbonyl (C=O) groups excluding carboxylic acids is 2. The molecule has 0 saturated heterocycles. The van der Waals surface area contributed by atoms with Crippen molar-refractivity contribution in [3.63, 3.8) is 0 Å². The van der Waals surface area contributed by atoms with Crippen LogP contribution in [0.4, 0.5) is 0 Å². The predicted molar refractivity (Wildman–Crippen MR) is 86.3 cm³/mol. The van der Waals surface area contributed by atoms with Crippen LogP contribution in [0.15, 0.2) is 23.3 Å². The highest BCUT2D eigenvalue weighted by Gasteiger charge is 2.52. The maximum absolute atomic E-state index is 12.2. The monoisotopic (exact) mass is 308 g/mol. The highest BCUT2D eigenvalue weighted by molar-refractivity contribution is 6.01. The number of esters is 2. The zero-order chi connectivity index (χ0) is 16.6. The maximum Gasteiger partial charge on any atom is 0.323 e. The Morgan fingerprint density at radius 3 is 2.23 bits per heavy atom. The Morgan fingerprint density at radius 2 is 1.73 bits per heavy atom. The molecule has 0 fully saturated rings. The molecule has 0 amide bonds. The summed E-state index contributed by atoms with van der Waals surface area (Å²) >= 11 is 0. The van der Waals surface area contributed by atoms with Crippen LogP contribution in [0.25, 0.3) is 0 Å². The number of hydrogen-bond acceptors (Lipinski definition) is 4. The minimum atomic E-state index is -1.20. The molecule has 0 aromatic heterocycles. The van der Waals surface area contributed by atoms with Gasteiger partial charge in [-0.3, -0.25) is 9.59 Å². The molecule has 0 saturated carbocycles. The second-order valence-corrected chi connectivity index (χ2v) is 5.84. The van der Waals surface area contributed by atoms with Gasteiger partial charge in [0.1, 0.15) is 0 Å². The minimum Gasteiger partial charge on any atom is -0.468 e. The van der Waals surface area contributed by atoms with Gasteiger partial charge in [-0.05, 0) is 31.3 Å². The lowest BCUT2D eigenvalue weighted by molar-refractivity contribution is -0.168. The van der Waals surface area contributed by atoms with Crippen LogP contribution in [0.2, 0.25) is 0 Å². The zero-order valence-corrected chi connectivity index (χ0v) is 14.2. The van der Waals surface area contributed by atoms with Crippen LogP contribution in [-0.4, -0.2) is 26.2 Å². The molecule has 0 atom stereocenters. The van der Waals surface area contributed by atoms with Crippen molar-refractivity contribution in [1.82, 2.24) is 0 Å². The SMILES string of the molecule is CCCC/C=C/C1=C(CCC)CC(C(=O)OC)(C(=O)OC)C1. The van der Waals surface area contributed by atoms with Crippen molar-refractivity contribution in [3.05, 3.63) is 23.3 Å². The molecule has 0 N–H and O–H groups in total. The molecule has 0 radical (unpaired) electrons. The van der Waals surface area contributed by atoms with E-state index >= 15 is 0 Å². The van der Waals surface area contributed by atoms with Gasteiger partial charge in [-0.25, -0.2) is 0 Å². The number of rotatable bonds is 8. The van der Waals surface area contributed by atoms with Crippen molar-refractivity contribution in [2.24, 2.45) is 5.41 Å². The van der Waals surface area contributed by atoms with Crippen LogP contribution in [-0.2, 0) is 19.1 Å². The first-order valence-electron chi connectivity index (χ1n) is 8.10. The Bertz CT molecular complexity index is 444. The van der Waals surface area contributed by atoms with Crippen molar-refractivity contribution < 1.29 is 19.1 Å². The highest BCUT2D eigenvalue weighted by Crippen LogP contribution is 2.46. The molecule has 0 aliphatic heterocycles. The first-order chi connectivity index (χ1) is 10.6. The van der Waals surface area contributed by atoms with Gasteiger partial charge in [-0.1, -0.05) is 50.8 Å². The third-order valence-corrected chi connectivity index (χ3v) is 4.21. The molecule has 22 heavy (non-hydrogen) atoms. The van der Waals surface area contributed by atoms with Gasteiger partial charge >= 0.3 is 11.9 Å². The van der Waals surface area contributed by atoms with Crippen LogP contribution in [0.5, 0.6) is 0 Å². The lowest BCUT2D eigenvalue weighted by Crippen LogP contribution is -2.39. The summed E-state index contributed by atoms with van der Waals surface area (Å²) in [5.41, 5.74) is 1.07. The first kappa shape index (κ1) is 18.5. The summed E-state index contributed by atoms with van der Waals surface area (Å²) in [6, 6.07) is 0. The van der Waals surface area contributed by atoms with E-state index in [2.05, 4.69) is 26.0 Å². The lowest BCUT2D eigenvalue weighted by atomic mass is 9.83. The largest absolute Gasteiger partial charge is 0.468 e. The number of methoxy groups -OCH3 is 2. The summed E-state index contributed by atoms with van der Waals surface area (Å²) in [5, 5.41) is 0. The fourth-order valence-corrected chi connectivity index (χ4v) is 3.03. The van der Waals surface area contributed by atoms with Gasteiger partial charge in [-0.2, -0.15) is 0 Å². The Hall–Kier alpha value is -1.58. The van der Waals surface area contributed by atoms with Crippen molar-refractivity contribution in [3.8, 4) is 0 Å². The van der Waals surface area contributed by atoms with Crippen molar-refractivity contribution in [2.75, 3.05) is 14.2 Å². The van der Waals surface area contributed by atoms with Gasteiger partial charge in [0.2, 0.25) is 0 Å². The topological polar surface area (TPSA) is 52.6 Å². The average molecular weight is 308 g/mol. The zero-order valence-electron chi connectivity index (χ0n) is 14.2. The molecule has 1 aliphatic rings. The van der Waals surface area contributed by atoms with Crippen LogP contribution < -0.4 is 0 Å². The summed E-state index contributed by atoms with van der Waals surface area (Å²) in [4.78, 5) is 24.5. The summed E-state index contributed by atoms with van der Waals surface area (Å²) < 4.78 is 9.78. The maximum atomic E-state index is 12.2. The molecule has 1 rings (SSSR count). The molecule has 0 bridgehead atoms. The number of hydrogen-bond donors (Lipinski definition) is 0. The van der Waals surface area contributed by atoms with Gasteiger partial charge in [0.25, 0.3) is 0 Å². The number of unbranched alkanes of at least 4 members (excludes halogenated alkanes) is 2. The van der Waals surface area contributed by atoms with Crippen molar-refractivity contribution in [1.29, 1.82) is 0 Å². The molecule has 124 valence electrons. The summed E-state index contributed by atoms with van der Waals surface area (Å²) in [6.07, 6.45) is 10.2. The summed E-state index contributed by atoms with van der Waals surface area (Å²) in [5.74, 6) is -0.991. The van der Waals surface area contributed by atoms with E-state index in [0.29, 0.717) is 12.8 Å². The second-order valence-electron chi connectivity index (χ2n) is 5.84. The van der Waals surface area contributed by atoms with E-state index in [0.717, 1.165) is 37.7 Å². The number of carbonyl (C=O) groups is 2. The molecule has 4 nitrogen and oxygen atoms in total. The normalized spacial score (nSPS) is 17.1. The van der Waals surface area contributed by atoms with Crippen LogP contribution in [0.3, 0.4) is 0 Å². The highest BCUT2D eigenvalue weighted by atomic mass is 16.5. The van der Waals surface area contributed by atoms with Gasteiger partial charge in [-0.15, -0.1) is 0 Å². The smallest absolute Gasteiger partial charge is 0.323 e. The summed E-state index contributed by atoms with van der Waals surface area (Å²) in [6.45, 7) is 4.26. The minimum absolute atomic E-state index is 0.379. The molecule has 0 unspecified atom stereocenters. The fourth-order valence-electron chi connectivity index (χ4n) is 3.03. The fraction of sp³-hybridized carbons (Fsp3) is 0.667. The molecule has 1 aliphatic carbocycles.